The summed E-state index contributed by atoms with van der Waals surface area (Å²) < 4.78 is 0. The minimum Gasteiger partial charge on any atom is -0.341 e. The van der Waals surface area contributed by atoms with Gasteiger partial charge < -0.3 is 10.2 Å². The topological polar surface area (TPSA) is 32.3 Å². The third-order valence-corrected chi connectivity index (χ3v) is 3.66. The van der Waals surface area contributed by atoms with Crippen molar-refractivity contribution in [2.24, 2.45) is 11.3 Å². The molecule has 0 aromatic carbocycles. The molecule has 0 unspecified atom stereocenters. The molecular weight excluding hydrogens is 236 g/mol. The van der Waals surface area contributed by atoms with Crippen LogP contribution in [-0.4, -0.2) is 37.0 Å². The van der Waals surface area contributed by atoms with Crippen molar-refractivity contribution in [1.82, 2.24) is 10.2 Å². The van der Waals surface area contributed by atoms with E-state index in [4.69, 9.17) is 0 Å². The van der Waals surface area contributed by atoms with Gasteiger partial charge in [0.1, 0.15) is 0 Å². The van der Waals surface area contributed by atoms with Crippen molar-refractivity contribution in [1.29, 1.82) is 0 Å². The van der Waals surface area contributed by atoms with Crippen LogP contribution in [0, 0.1) is 11.3 Å². The fraction of sp³-hybridized carbons (Fsp3) is 0.923. The van der Waals surface area contributed by atoms with Gasteiger partial charge in [0.25, 0.3) is 0 Å². The largest absolute Gasteiger partial charge is 0.341 e. The van der Waals surface area contributed by atoms with Gasteiger partial charge in [0.15, 0.2) is 0 Å². The number of carbonyl (C=O) groups excluding carboxylic acids is 1. The van der Waals surface area contributed by atoms with Crippen LogP contribution in [0.1, 0.15) is 39.5 Å². The predicted molar refractivity (Wildman–Crippen MR) is 72.4 cm³/mol. The van der Waals surface area contributed by atoms with Crippen LogP contribution < -0.4 is 5.32 Å². The van der Waals surface area contributed by atoms with Crippen LogP contribution in [0.4, 0.5) is 0 Å². The molecule has 4 heteroatoms. The molecular formula is C13H25ClN2O. The molecule has 2 rings (SSSR count). The Morgan fingerprint density at radius 2 is 2.12 bits per heavy atom. The van der Waals surface area contributed by atoms with Crippen molar-refractivity contribution < 1.29 is 4.79 Å². The maximum Gasteiger partial charge on any atom is 0.236 e. The Morgan fingerprint density at radius 3 is 2.71 bits per heavy atom. The molecule has 1 aliphatic heterocycles. The molecule has 1 saturated carbocycles. The molecule has 100 valence electrons. The molecule has 0 aromatic heterocycles. The van der Waals surface area contributed by atoms with Gasteiger partial charge in [0.05, 0.1) is 6.54 Å². The molecule has 2 aliphatic rings. The fourth-order valence-corrected chi connectivity index (χ4v) is 2.45. The van der Waals surface area contributed by atoms with E-state index in [9.17, 15) is 4.79 Å². The minimum absolute atomic E-state index is 0. The fourth-order valence-electron chi connectivity index (χ4n) is 2.45. The normalized spacial score (nSPS) is 23.1. The highest BCUT2D eigenvalue weighted by molar-refractivity contribution is 5.85. The lowest BCUT2D eigenvalue weighted by molar-refractivity contribution is -0.133. The van der Waals surface area contributed by atoms with Crippen molar-refractivity contribution >= 4 is 18.3 Å². The van der Waals surface area contributed by atoms with E-state index in [2.05, 4.69) is 19.2 Å². The van der Waals surface area contributed by atoms with Gasteiger partial charge in [-0.25, -0.2) is 0 Å². The van der Waals surface area contributed by atoms with E-state index in [0.717, 1.165) is 32.0 Å². The highest BCUT2D eigenvalue weighted by Crippen LogP contribution is 2.29. The molecule has 0 spiro atoms. The summed E-state index contributed by atoms with van der Waals surface area (Å²) >= 11 is 0. The second-order valence-electron chi connectivity index (χ2n) is 6.16. The Morgan fingerprint density at radius 1 is 1.41 bits per heavy atom. The standard InChI is InChI=1S/C13H24N2O.ClH/c1-13(2)6-3-7-15(10-13)12(16)9-14-8-11-4-5-11;/h11,14H,3-10H2,1-2H3;1H. The Bertz CT molecular complexity index is 264. The van der Waals surface area contributed by atoms with E-state index >= 15 is 0 Å². The smallest absolute Gasteiger partial charge is 0.236 e. The summed E-state index contributed by atoms with van der Waals surface area (Å²) in [5, 5.41) is 3.28. The van der Waals surface area contributed by atoms with Gasteiger partial charge in [-0.3, -0.25) is 4.79 Å². The lowest BCUT2D eigenvalue weighted by atomic mass is 9.84. The Kier molecular flexibility index (Phi) is 5.26. The average Bonchev–Trinajstić information content (AvgIpc) is 3.00. The van der Waals surface area contributed by atoms with Gasteiger partial charge in [0.2, 0.25) is 5.91 Å². The van der Waals surface area contributed by atoms with E-state index in [1.165, 1.54) is 19.3 Å². The van der Waals surface area contributed by atoms with Crippen LogP contribution in [0.5, 0.6) is 0 Å². The van der Waals surface area contributed by atoms with Gasteiger partial charge >= 0.3 is 0 Å². The molecule has 0 radical (unpaired) electrons. The van der Waals surface area contributed by atoms with Crippen molar-refractivity contribution in [2.45, 2.75) is 39.5 Å². The predicted octanol–water partition coefficient (Wildman–Crippen LogP) is 2.06. The van der Waals surface area contributed by atoms with Gasteiger partial charge in [0, 0.05) is 13.1 Å². The molecule has 1 N–H and O–H groups in total. The third kappa shape index (κ3) is 4.84. The van der Waals surface area contributed by atoms with E-state index < -0.39 is 0 Å². The van der Waals surface area contributed by atoms with Crippen LogP contribution >= 0.6 is 12.4 Å². The molecule has 1 saturated heterocycles. The zero-order chi connectivity index (χ0) is 11.6. The Balaban J connectivity index is 0.00000144. The molecule has 1 aliphatic carbocycles. The zero-order valence-corrected chi connectivity index (χ0v) is 11.8. The highest BCUT2D eigenvalue weighted by atomic mass is 35.5. The van der Waals surface area contributed by atoms with Crippen LogP contribution in [0.2, 0.25) is 0 Å². The number of piperidine rings is 1. The summed E-state index contributed by atoms with van der Waals surface area (Å²) in [7, 11) is 0. The number of amides is 1. The van der Waals surface area contributed by atoms with Crippen LogP contribution in [-0.2, 0) is 4.79 Å². The first-order valence-corrected chi connectivity index (χ1v) is 6.55. The number of rotatable bonds is 4. The SMILES string of the molecule is CC1(C)CCCN(C(=O)CNCC2CC2)C1.Cl. The number of nitrogens with one attached hydrogen (secondary N) is 1. The van der Waals surface area contributed by atoms with Gasteiger partial charge in [-0.15, -0.1) is 12.4 Å². The number of halogens is 1. The second-order valence-corrected chi connectivity index (χ2v) is 6.16. The van der Waals surface area contributed by atoms with Crippen LogP contribution in [0.3, 0.4) is 0 Å². The first kappa shape index (κ1) is 14.8. The number of nitrogens with zero attached hydrogens (tertiary/aromatic N) is 1. The quantitative estimate of drug-likeness (QED) is 0.839. The molecule has 1 amide bonds. The first-order valence-electron chi connectivity index (χ1n) is 6.55. The number of likely N-dealkylation sites (tertiary alicyclic amines) is 1. The van der Waals surface area contributed by atoms with Crippen molar-refractivity contribution in [2.75, 3.05) is 26.2 Å². The molecule has 0 bridgehead atoms. The van der Waals surface area contributed by atoms with Gasteiger partial charge in [-0.2, -0.15) is 0 Å². The summed E-state index contributed by atoms with van der Waals surface area (Å²) in [4.78, 5) is 14.0. The van der Waals surface area contributed by atoms with E-state index in [1.807, 2.05) is 4.90 Å². The first-order chi connectivity index (χ1) is 7.57. The van der Waals surface area contributed by atoms with Crippen LogP contribution in [0.15, 0.2) is 0 Å². The monoisotopic (exact) mass is 260 g/mol. The molecule has 2 fully saturated rings. The molecule has 17 heavy (non-hydrogen) atoms. The number of hydrogen-bond acceptors (Lipinski definition) is 2. The number of carbonyl (C=O) groups is 1. The summed E-state index contributed by atoms with van der Waals surface area (Å²) in [6, 6.07) is 0. The summed E-state index contributed by atoms with van der Waals surface area (Å²) in [6.45, 7) is 7.95. The van der Waals surface area contributed by atoms with Gasteiger partial charge in [-0.1, -0.05) is 13.8 Å². The lowest BCUT2D eigenvalue weighted by Crippen LogP contribution is -2.46. The molecule has 3 nitrogen and oxygen atoms in total. The second kappa shape index (κ2) is 6.05. The van der Waals surface area contributed by atoms with Crippen molar-refractivity contribution in [3.05, 3.63) is 0 Å². The van der Waals surface area contributed by atoms with E-state index in [1.54, 1.807) is 0 Å². The average molecular weight is 261 g/mol. The maximum atomic E-state index is 12.0. The van der Waals surface area contributed by atoms with E-state index in [0.29, 0.717) is 12.0 Å². The molecule has 0 atom stereocenters. The molecule has 0 aromatic rings. The van der Waals surface area contributed by atoms with Crippen LogP contribution in [0.25, 0.3) is 0 Å². The minimum atomic E-state index is 0. The summed E-state index contributed by atoms with van der Waals surface area (Å²) in [5.74, 6) is 1.14. The summed E-state index contributed by atoms with van der Waals surface area (Å²) in [5.41, 5.74) is 0.310. The Labute approximate surface area is 111 Å². The lowest BCUT2D eigenvalue weighted by Gasteiger charge is -2.38. The third-order valence-electron chi connectivity index (χ3n) is 3.66. The number of hydrogen-bond donors (Lipinski definition) is 1. The van der Waals surface area contributed by atoms with Crippen molar-refractivity contribution in [3.63, 3.8) is 0 Å². The Hall–Kier alpha value is -0.280. The van der Waals surface area contributed by atoms with Gasteiger partial charge in [-0.05, 0) is 43.6 Å². The van der Waals surface area contributed by atoms with Crippen molar-refractivity contribution in [3.8, 4) is 0 Å². The zero-order valence-electron chi connectivity index (χ0n) is 11.0. The van der Waals surface area contributed by atoms with E-state index in [-0.39, 0.29) is 18.3 Å². The summed E-state index contributed by atoms with van der Waals surface area (Å²) in [6.07, 6.45) is 5.09. The highest BCUT2D eigenvalue weighted by Gasteiger charge is 2.29. The molecule has 1 heterocycles. The maximum absolute atomic E-state index is 12.0.